The minimum Gasteiger partial charge on any atom is -0.350 e. The van der Waals surface area contributed by atoms with Gasteiger partial charge in [-0.15, -0.1) is 0 Å². The molecule has 0 radical (unpaired) electrons. The Bertz CT molecular complexity index is 885. The van der Waals surface area contributed by atoms with E-state index in [1.165, 1.54) is 180 Å². The van der Waals surface area contributed by atoms with Gasteiger partial charge < -0.3 is 15.1 Å². The number of hydrogen-bond donors (Lipinski definition) is 1. The minimum atomic E-state index is -0.366. The predicted molar refractivity (Wildman–Crippen MR) is 242 cm³/mol. The average molecular weight is 774 g/mol. The van der Waals surface area contributed by atoms with Gasteiger partial charge in [-0.1, -0.05) is 194 Å². The smallest absolute Gasteiger partial charge is 0.243 e. The van der Waals surface area contributed by atoms with Crippen LogP contribution in [0.2, 0.25) is 0 Å². The first-order valence-electron chi connectivity index (χ1n) is 24.9. The summed E-state index contributed by atoms with van der Waals surface area (Å²) in [6, 6.07) is -0.366. The molecule has 326 valence electrons. The van der Waals surface area contributed by atoms with Gasteiger partial charge in [0.15, 0.2) is 0 Å². The molecule has 1 fully saturated rings. The second-order valence-corrected chi connectivity index (χ2v) is 19.3. The van der Waals surface area contributed by atoms with E-state index in [4.69, 9.17) is 0 Å². The first kappa shape index (κ1) is 51.9. The quantitative estimate of drug-likeness (QED) is 0.0645. The molecule has 0 aromatic heterocycles. The van der Waals surface area contributed by atoms with E-state index in [1.807, 2.05) is 0 Å². The van der Waals surface area contributed by atoms with Gasteiger partial charge in [0.1, 0.15) is 6.04 Å². The standard InChI is InChI=1S/C50H99N3O2/c1-8-11-14-17-20-23-25-28-31-34-38-45(37-33-30-27-22-19-16-13-10-3)44-53(47(54)40-35-32-29-26-24-21-18-15-12-9-2)48(49(55)51-50(4,5)6)46-39-36-42-52(7)43-41-46/h45-46,48H,8-44H2,1-7H3,(H,51,55). The Morgan fingerprint density at radius 3 is 1.40 bits per heavy atom. The van der Waals surface area contributed by atoms with Crippen molar-refractivity contribution in [3.8, 4) is 0 Å². The number of hydrogen-bond acceptors (Lipinski definition) is 3. The Kier molecular flexibility index (Phi) is 32.9. The molecule has 0 aromatic carbocycles. The van der Waals surface area contributed by atoms with Crippen LogP contribution >= 0.6 is 0 Å². The zero-order valence-electron chi connectivity index (χ0n) is 38.6. The highest BCUT2D eigenvalue weighted by Gasteiger charge is 2.39. The summed E-state index contributed by atoms with van der Waals surface area (Å²) < 4.78 is 0. The maximum absolute atomic E-state index is 14.6. The molecule has 1 saturated heterocycles. The molecule has 3 atom stereocenters. The van der Waals surface area contributed by atoms with Crippen molar-refractivity contribution >= 4 is 11.8 Å². The summed E-state index contributed by atoms with van der Waals surface area (Å²) in [5.41, 5.74) is -0.325. The van der Waals surface area contributed by atoms with Crippen LogP contribution in [0.3, 0.4) is 0 Å². The van der Waals surface area contributed by atoms with E-state index < -0.39 is 0 Å². The molecule has 0 bridgehead atoms. The van der Waals surface area contributed by atoms with Crippen molar-refractivity contribution in [2.75, 3.05) is 26.7 Å². The lowest BCUT2D eigenvalue weighted by Gasteiger charge is -2.39. The van der Waals surface area contributed by atoms with E-state index in [9.17, 15) is 9.59 Å². The Hall–Kier alpha value is -1.10. The largest absolute Gasteiger partial charge is 0.350 e. The number of amides is 2. The summed E-state index contributed by atoms with van der Waals surface area (Å²) >= 11 is 0. The molecule has 1 N–H and O–H groups in total. The molecule has 1 aliphatic rings. The molecule has 0 aromatic rings. The zero-order valence-corrected chi connectivity index (χ0v) is 38.6. The van der Waals surface area contributed by atoms with E-state index in [0.717, 1.165) is 51.7 Å². The lowest BCUT2D eigenvalue weighted by Crippen LogP contribution is -2.57. The zero-order chi connectivity index (χ0) is 40.4. The second kappa shape index (κ2) is 34.9. The molecule has 5 heteroatoms. The monoisotopic (exact) mass is 774 g/mol. The predicted octanol–water partition coefficient (Wildman–Crippen LogP) is 14.6. The van der Waals surface area contributed by atoms with Crippen LogP contribution in [0.15, 0.2) is 0 Å². The van der Waals surface area contributed by atoms with Crippen LogP contribution in [-0.4, -0.2) is 59.9 Å². The lowest BCUT2D eigenvalue weighted by molar-refractivity contribution is -0.144. The number of nitrogens with one attached hydrogen (secondary N) is 1. The van der Waals surface area contributed by atoms with Crippen molar-refractivity contribution in [1.82, 2.24) is 15.1 Å². The third kappa shape index (κ3) is 28.9. The second-order valence-electron chi connectivity index (χ2n) is 19.3. The molecule has 0 saturated carbocycles. The fourth-order valence-corrected chi connectivity index (χ4v) is 9.01. The molecule has 2 amide bonds. The first-order chi connectivity index (χ1) is 26.6. The molecule has 0 spiro atoms. The minimum absolute atomic E-state index is 0.0863. The summed E-state index contributed by atoms with van der Waals surface area (Å²) in [5.74, 6) is 1.02. The normalized spacial score (nSPS) is 16.5. The lowest BCUT2D eigenvalue weighted by atomic mass is 9.87. The molecule has 1 aliphatic heterocycles. The van der Waals surface area contributed by atoms with Gasteiger partial charge in [0.2, 0.25) is 11.8 Å². The number of unbranched alkanes of at least 4 members (excludes halogenated alkanes) is 25. The van der Waals surface area contributed by atoms with Gasteiger partial charge in [0, 0.05) is 18.5 Å². The van der Waals surface area contributed by atoms with Gasteiger partial charge in [-0.25, -0.2) is 0 Å². The van der Waals surface area contributed by atoms with Gasteiger partial charge in [-0.2, -0.15) is 0 Å². The summed E-state index contributed by atoms with van der Waals surface area (Å²) in [6.45, 7) is 16.0. The summed E-state index contributed by atoms with van der Waals surface area (Å²) in [7, 11) is 2.22. The van der Waals surface area contributed by atoms with Crippen LogP contribution in [0.1, 0.15) is 260 Å². The SMILES string of the molecule is CCCCCCCCCCCCC(=O)N(CC(CCCCCCCCCC)CCCCCCCCCCCC)C(C(=O)NC(C)(C)C)C1CCCN(C)CC1. The molecule has 1 heterocycles. The summed E-state index contributed by atoms with van der Waals surface area (Å²) in [4.78, 5) is 33.7. The molecule has 5 nitrogen and oxygen atoms in total. The van der Waals surface area contributed by atoms with Gasteiger partial charge in [0.25, 0.3) is 0 Å². The summed E-state index contributed by atoms with van der Waals surface area (Å²) in [6.07, 6.45) is 43.0. The highest BCUT2D eigenvalue weighted by Crippen LogP contribution is 2.29. The third-order valence-electron chi connectivity index (χ3n) is 12.5. The van der Waals surface area contributed by atoms with Crippen molar-refractivity contribution in [3.63, 3.8) is 0 Å². The number of rotatable bonds is 36. The van der Waals surface area contributed by atoms with E-state index >= 15 is 0 Å². The number of carbonyl (C=O) groups is 2. The average Bonchev–Trinajstić information content (AvgIpc) is 3.36. The van der Waals surface area contributed by atoms with Crippen molar-refractivity contribution in [3.05, 3.63) is 0 Å². The highest BCUT2D eigenvalue weighted by atomic mass is 16.2. The van der Waals surface area contributed by atoms with Crippen molar-refractivity contribution in [2.45, 2.75) is 271 Å². The van der Waals surface area contributed by atoms with Gasteiger partial charge >= 0.3 is 0 Å². The Balaban J connectivity index is 3.09. The Labute approximate surface area is 345 Å². The molecule has 1 rings (SSSR count). The van der Waals surface area contributed by atoms with Crippen molar-refractivity contribution in [2.24, 2.45) is 11.8 Å². The molecule has 55 heavy (non-hydrogen) atoms. The Morgan fingerprint density at radius 2 is 0.982 bits per heavy atom. The van der Waals surface area contributed by atoms with Crippen molar-refractivity contribution < 1.29 is 9.59 Å². The van der Waals surface area contributed by atoms with E-state index in [0.29, 0.717) is 12.3 Å². The first-order valence-corrected chi connectivity index (χ1v) is 24.9. The van der Waals surface area contributed by atoms with Gasteiger partial charge in [-0.05, 0) is 91.3 Å². The van der Waals surface area contributed by atoms with Crippen molar-refractivity contribution in [1.29, 1.82) is 0 Å². The number of carbonyl (C=O) groups excluding carboxylic acids is 2. The molecule has 3 unspecified atom stereocenters. The van der Waals surface area contributed by atoms with E-state index in [2.05, 4.69) is 63.7 Å². The van der Waals surface area contributed by atoms with E-state index in [1.54, 1.807) is 0 Å². The maximum Gasteiger partial charge on any atom is 0.243 e. The van der Waals surface area contributed by atoms with Crippen LogP contribution < -0.4 is 5.32 Å². The maximum atomic E-state index is 14.6. The number of likely N-dealkylation sites (tertiary alicyclic amines) is 1. The fraction of sp³-hybridized carbons (Fsp3) is 0.960. The van der Waals surface area contributed by atoms with E-state index in [-0.39, 0.29) is 29.3 Å². The van der Waals surface area contributed by atoms with Gasteiger partial charge in [0.05, 0.1) is 0 Å². The van der Waals surface area contributed by atoms with Crippen LogP contribution in [0.25, 0.3) is 0 Å². The van der Waals surface area contributed by atoms with Crippen LogP contribution in [-0.2, 0) is 9.59 Å². The highest BCUT2D eigenvalue weighted by molar-refractivity contribution is 5.88. The van der Waals surface area contributed by atoms with Crippen LogP contribution in [0, 0.1) is 11.8 Å². The Morgan fingerprint density at radius 1 is 0.582 bits per heavy atom. The van der Waals surface area contributed by atoms with Crippen LogP contribution in [0.4, 0.5) is 0 Å². The molecule has 0 aliphatic carbocycles. The molecular weight excluding hydrogens is 675 g/mol. The molecular formula is C50H99N3O2. The fourth-order valence-electron chi connectivity index (χ4n) is 9.01. The van der Waals surface area contributed by atoms with Crippen LogP contribution in [0.5, 0.6) is 0 Å². The summed E-state index contributed by atoms with van der Waals surface area (Å²) in [5, 5.41) is 3.39. The third-order valence-corrected chi connectivity index (χ3v) is 12.5. The van der Waals surface area contributed by atoms with Gasteiger partial charge in [-0.3, -0.25) is 9.59 Å². The topological polar surface area (TPSA) is 52.7 Å². The number of nitrogens with zero attached hydrogens (tertiary/aromatic N) is 2.